The van der Waals surface area contributed by atoms with Crippen LogP contribution in [0.15, 0.2) is 12.1 Å². The Bertz CT molecular complexity index is 535. The second kappa shape index (κ2) is 5.70. The summed E-state index contributed by atoms with van der Waals surface area (Å²) in [5.41, 5.74) is 2.22. The maximum atomic E-state index is 11.8. The lowest BCUT2D eigenvalue weighted by Crippen LogP contribution is -2.42. The van der Waals surface area contributed by atoms with Gasteiger partial charge in [-0.1, -0.05) is 0 Å². The van der Waals surface area contributed by atoms with Crippen LogP contribution in [-0.2, 0) is 4.79 Å². The molecule has 0 aromatic carbocycles. The minimum absolute atomic E-state index is 0.139. The summed E-state index contributed by atoms with van der Waals surface area (Å²) in [7, 11) is 1.54. The molecule has 4 N–H and O–H groups in total. The quantitative estimate of drug-likeness (QED) is 0.402. The van der Waals surface area contributed by atoms with Crippen LogP contribution in [0, 0.1) is 10.1 Å². The van der Waals surface area contributed by atoms with Gasteiger partial charge in [-0.3, -0.25) is 14.9 Å². The van der Waals surface area contributed by atoms with Gasteiger partial charge in [-0.15, -0.1) is 0 Å². The fraction of sp³-hybridized carbons (Fsp3) is 0.455. The highest BCUT2D eigenvalue weighted by Gasteiger charge is 2.35. The minimum atomic E-state index is -0.512. The molecule has 1 aliphatic heterocycles. The number of aromatic nitrogens is 1. The first-order valence-corrected chi connectivity index (χ1v) is 6.18. The van der Waals surface area contributed by atoms with E-state index in [2.05, 4.69) is 15.7 Å². The first-order chi connectivity index (χ1) is 9.58. The molecule has 1 amide bonds. The Morgan fingerprint density at radius 3 is 2.95 bits per heavy atom. The average molecular weight is 280 g/mol. The van der Waals surface area contributed by atoms with Gasteiger partial charge in [-0.05, 0) is 18.9 Å². The Morgan fingerprint density at radius 2 is 2.35 bits per heavy atom. The highest BCUT2D eigenvalue weighted by Crippen LogP contribution is 2.32. The second-order valence-corrected chi connectivity index (χ2v) is 4.41. The van der Waals surface area contributed by atoms with Gasteiger partial charge in [-0.25, -0.2) is 10.8 Å². The zero-order valence-corrected chi connectivity index (χ0v) is 11.0. The largest absolute Gasteiger partial charge is 0.357 e. The zero-order valence-electron chi connectivity index (χ0n) is 11.0. The number of pyridine rings is 1. The zero-order chi connectivity index (χ0) is 14.7. The monoisotopic (exact) mass is 280 g/mol. The standard InChI is InChI=1S/C11H16N6O3/c1-13-11(18)8-3-2-6-16(8)10-7(17(19)20)4-5-9(14-10)15-12/h4-5,8H,2-3,6,12H2,1H3,(H,13,18)(H,14,15). The normalized spacial score (nSPS) is 17.9. The molecule has 2 heterocycles. The number of amides is 1. The summed E-state index contributed by atoms with van der Waals surface area (Å²) in [6.45, 7) is 0.542. The van der Waals surface area contributed by atoms with Crippen LogP contribution in [0.4, 0.5) is 17.3 Å². The highest BCUT2D eigenvalue weighted by molar-refractivity contribution is 5.86. The summed E-state index contributed by atoms with van der Waals surface area (Å²) < 4.78 is 0. The van der Waals surface area contributed by atoms with Crippen LogP contribution >= 0.6 is 0 Å². The van der Waals surface area contributed by atoms with Gasteiger partial charge < -0.3 is 15.6 Å². The van der Waals surface area contributed by atoms with Gasteiger partial charge in [-0.2, -0.15) is 0 Å². The van der Waals surface area contributed by atoms with E-state index in [9.17, 15) is 14.9 Å². The number of rotatable bonds is 4. The number of hydrazine groups is 1. The van der Waals surface area contributed by atoms with Crippen molar-refractivity contribution >= 4 is 23.2 Å². The minimum Gasteiger partial charge on any atom is -0.357 e. The van der Waals surface area contributed by atoms with Crippen LogP contribution in [0.25, 0.3) is 0 Å². The van der Waals surface area contributed by atoms with E-state index in [0.29, 0.717) is 18.8 Å². The van der Waals surface area contributed by atoms with Crippen LogP contribution in [-0.4, -0.2) is 35.4 Å². The van der Waals surface area contributed by atoms with Crippen molar-refractivity contribution in [2.75, 3.05) is 23.9 Å². The van der Waals surface area contributed by atoms with Gasteiger partial charge in [0.25, 0.3) is 0 Å². The van der Waals surface area contributed by atoms with Crippen molar-refractivity contribution in [1.82, 2.24) is 10.3 Å². The van der Waals surface area contributed by atoms with Crippen molar-refractivity contribution in [1.29, 1.82) is 0 Å². The van der Waals surface area contributed by atoms with E-state index < -0.39 is 11.0 Å². The van der Waals surface area contributed by atoms with Crippen molar-refractivity contribution < 1.29 is 9.72 Å². The van der Waals surface area contributed by atoms with Crippen LogP contribution < -0.4 is 21.5 Å². The number of carbonyl (C=O) groups excluding carboxylic acids is 1. The van der Waals surface area contributed by atoms with Crippen molar-refractivity contribution in [2.45, 2.75) is 18.9 Å². The molecular formula is C11H16N6O3. The third-order valence-electron chi connectivity index (χ3n) is 3.27. The lowest BCUT2D eigenvalue weighted by atomic mass is 10.2. The molecule has 20 heavy (non-hydrogen) atoms. The summed E-state index contributed by atoms with van der Waals surface area (Å²) in [5.74, 6) is 5.58. The number of likely N-dealkylation sites (N-methyl/N-ethyl adjacent to an activating group) is 1. The summed E-state index contributed by atoms with van der Waals surface area (Å²) in [5, 5.41) is 13.7. The van der Waals surface area contributed by atoms with Crippen LogP contribution in [0.2, 0.25) is 0 Å². The van der Waals surface area contributed by atoms with Crippen LogP contribution in [0.3, 0.4) is 0 Å². The van der Waals surface area contributed by atoms with E-state index in [1.807, 2.05) is 0 Å². The summed E-state index contributed by atoms with van der Waals surface area (Å²) >= 11 is 0. The Kier molecular flexibility index (Phi) is 3.99. The number of hydrogen-bond acceptors (Lipinski definition) is 7. The van der Waals surface area contributed by atoms with Gasteiger partial charge in [0.15, 0.2) is 0 Å². The van der Waals surface area contributed by atoms with Crippen molar-refractivity contribution in [3.8, 4) is 0 Å². The lowest BCUT2D eigenvalue weighted by molar-refractivity contribution is -0.384. The topological polar surface area (TPSA) is 126 Å². The average Bonchev–Trinajstić information content (AvgIpc) is 2.94. The SMILES string of the molecule is CNC(=O)C1CCCN1c1nc(NN)ccc1[N+](=O)[O-]. The third-order valence-corrected chi connectivity index (χ3v) is 3.27. The third kappa shape index (κ3) is 2.48. The maximum Gasteiger partial charge on any atom is 0.311 e. The fourth-order valence-corrected chi connectivity index (χ4v) is 2.33. The predicted octanol–water partition coefficient (Wildman–Crippen LogP) is -0.00980. The first kappa shape index (κ1) is 14.0. The Morgan fingerprint density at radius 1 is 1.60 bits per heavy atom. The molecule has 9 heteroatoms. The fourth-order valence-electron chi connectivity index (χ4n) is 2.33. The molecule has 0 spiro atoms. The van der Waals surface area contributed by atoms with E-state index in [-0.39, 0.29) is 17.4 Å². The van der Waals surface area contributed by atoms with Crippen molar-refractivity contribution in [3.63, 3.8) is 0 Å². The number of nitrogens with zero attached hydrogens (tertiary/aromatic N) is 3. The number of nitrogens with two attached hydrogens (primary N) is 1. The Hall–Kier alpha value is -2.42. The highest BCUT2D eigenvalue weighted by atomic mass is 16.6. The summed E-state index contributed by atoms with van der Waals surface area (Å²) in [4.78, 5) is 28.2. The van der Waals surface area contributed by atoms with Gasteiger partial charge in [0.2, 0.25) is 11.7 Å². The number of nitrogens with one attached hydrogen (secondary N) is 2. The molecule has 0 aliphatic carbocycles. The molecule has 108 valence electrons. The van der Waals surface area contributed by atoms with E-state index >= 15 is 0 Å². The maximum absolute atomic E-state index is 11.8. The first-order valence-electron chi connectivity index (χ1n) is 6.18. The molecule has 1 aromatic heterocycles. The molecule has 0 bridgehead atoms. The van der Waals surface area contributed by atoms with E-state index in [4.69, 9.17) is 5.84 Å². The molecule has 2 rings (SSSR count). The lowest BCUT2D eigenvalue weighted by Gasteiger charge is -2.24. The van der Waals surface area contributed by atoms with Crippen molar-refractivity contribution in [2.24, 2.45) is 5.84 Å². The molecule has 0 saturated carbocycles. The number of nitrogen functional groups attached to an aromatic ring is 1. The van der Waals surface area contributed by atoms with Gasteiger partial charge in [0, 0.05) is 19.7 Å². The molecular weight excluding hydrogens is 264 g/mol. The van der Waals surface area contributed by atoms with Gasteiger partial charge in [0.05, 0.1) is 4.92 Å². The van der Waals surface area contributed by atoms with E-state index in [1.165, 1.54) is 12.1 Å². The Balaban J connectivity index is 2.43. The van der Waals surface area contributed by atoms with Gasteiger partial charge in [0.1, 0.15) is 11.9 Å². The molecule has 1 aromatic rings. The smallest absolute Gasteiger partial charge is 0.311 e. The molecule has 1 unspecified atom stereocenters. The van der Waals surface area contributed by atoms with E-state index in [1.54, 1.807) is 11.9 Å². The second-order valence-electron chi connectivity index (χ2n) is 4.41. The summed E-state index contributed by atoms with van der Waals surface area (Å²) in [6, 6.07) is 2.31. The number of nitro groups is 1. The van der Waals surface area contributed by atoms with E-state index in [0.717, 1.165) is 6.42 Å². The molecule has 9 nitrogen and oxygen atoms in total. The molecule has 1 atom stereocenters. The van der Waals surface area contributed by atoms with Crippen molar-refractivity contribution in [3.05, 3.63) is 22.2 Å². The molecule has 1 fully saturated rings. The predicted molar refractivity (Wildman–Crippen MR) is 73.1 cm³/mol. The van der Waals surface area contributed by atoms with Crippen LogP contribution in [0.5, 0.6) is 0 Å². The number of hydrogen-bond donors (Lipinski definition) is 3. The Labute approximate surface area is 115 Å². The number of anilines is 2. The summed E-state index contributed by atoms with van der Waals surface area (Å²) in [6.07, 6.45) is 1.41. The van der Waals surface area contributed by atoms with Gasteiger partial charge >= 0.3 is 5.69 Å². The number of carbonyl (C=O) groups is 1. The van der Waals surface area contributed by atoms with Crippen LogP contribution in [0.1, 0.15) is 12.8 Å². The molecule has 1 aliphatic rings. The molecule has 1 saturated heterocycles. The molecule has 0 radical (unpaired) electrons.